The average molecular weight is 317 g/mol. The molecular formula is C21H23N3. The van der Waals surface area contributed by atoms with Gasteiger partial charge in [-0.3, -0.25) is 0 Å². The van der Waals surface area contributed by atoms with E-state index in [-0.39, 0.29) is 6.04 Å². The third kappa shape index (κ3) is 3.63. The summed E-state index contributed by atoms with van der Waals surface area (Å²) in [5.41, 5.74) is 10.8. The van der Waals surface area contributed by atoms with Crippen molar-refractivity contribution in [1.29, 1.82) is 0 Å². The van der Waals surface area contributed by atoms with Crippen molar-refractivity contribution in [3.63, 3.8) is 0 Å². The molecule has 0 saturated heterocycles. The Kier molecular flexibility index (Phi) is 4.92. The molecule has 3 heteroatoms. The Morgan fingerprint density at radius 2 is 1.54 bits per heavy atom. The second kappa shape index (κ2) is 7.28. The van der Waals surface area contributed by atoms with Gasteiger partial charge in [0.2, 0.25) is 0 Å². The van der Waals surface area contributed by atoms with E-state index in [1.807, 2.05) is 37.3 Å². The minimum atomic E-state index is -0.146. The molecule has 1 aromatic heterocycles. The van der Waals surface area contributed by atoms with Crippen LogP contribution < -0.4 is 10.6 Å². The molecule has 0 bridgehead atoms. The van der Waals surface area contributed by atoms with Gasteiger partial charge in [0, 0.05) is 19.3 Å². The normalized spacial score (nSPS) is 12.0. The van der Waals surface area contributed by atoms with Crippen LogP contribution in [0.5, 0.6) is 0 Å². The van der Waals surface area contributed by atoms with E-state index in [0.29, 0.717) is 0 Å². The Morgan fingerprint density at radius 1 is 0.917 bits per heavy atom. The lowest BCUT2D eigenvalue weighted by Crippen LogP contribution is -2.19. The molecule has 0 aliphatic heterocycles. The first-order chi connectivity index (χ1) is 11.6. The quantitative estimate of drug-likeness (QED) is 0.771. The molecule has 2 aromatic carbocycles. The highest BCUT2D eigenvalue weighted by molar-refractivity contribution is 5.44. The van der Waals surface area contributed by atoms with Gasteiger partial charge in [0.1, 0.15) is 5.82 Å². The Bertz CT molecular complexity index is 785. The number of nitrogens with two attached hydrogens (primary N) is 1. The molecule has 2 N–H and O–H groups in total. The fourth-order valence-electron chi connectivity index (χ4n) is 2.88. The summed E-state index contributed by atoms with van der Waals surface area (Å²) in [5, 5.41) is 0. The predicted molar refractivity (Wildman–Crippen MR) is 100.0 cm³/mol. The zero-order valence-corrected chi connectivity index (χ0v) is 14.2. The first-order valence-electron chi connectivity index (χ1n) is 8.18. The molecule has 0 aliphatic rings. The monoisotopic (exact) mass is 317 g/mol. The largest absolute Gasteiger partial charge is 0.355 e. The third-order valence-corrected chi connectivity index (χ3v) is 4.26. The molecule has 0 amide bonds. The molecule has 1 atom stereocenters. The van der Waals surface area contributed by atoms with Crippen molar-refractivity contribution in [1.82, 2.24) is 4.98 Å². The van der Waals surface area contributed by atoms with Crippen molar-refractivity contribution in [2.75, 3.05) is 11.9 Å². The van der Waals surface area contributed by atoms with Crippen LogP contribution in [0.15, 0.2) is 72.8 Å². The van der Waals surface area contributed by atoms with Gasteiger partial charge in [0.05, 0.1) is 6.04 Å². The van der Waals surface area contributed by atoms with Gasteiger partial charge in [-0.25, -0.2) is 4.98 Å². The van der Waals surface area contributed by atoms with Crippen molar-refractivity contribution in [3.05, 3.63) is 95.2 Å². The van der Waals surface area contributed by atoms with Gasteiger partial charge in [0.25, 0.3) is 0 Å². The van der Waals surface area contributed by atoms with Gasteiger partial charge < -0.3 is 10.6 Å². The third-order valence-electron chi connectivity index (χ3n) is 4.26. The summed E-state index contributed by atoms with van der Waals surface area (Å²) in [6, 6.07) is 24.5. The summed E-state index contributed by atoms with van der Waals surface area (Å²) in [7, 11) is 2.06. The first-order valence-corrected chi connectivity index (χ1v) is 8.18. The molecule has 24 heavy (non-hydrogen) atoms. The zero-order chi connectivity index (χ0) is 16.9. The Balaban J connectivity index is 1.79. The molecule has 1 heterocycles. The van der Waals surface area contributed by atoms with E-state index in [1.165, 1.54) is 5.56 Å². The summed E-state index contributed by atoms with van der Waals surface area (Å²) < 4.78 is 0. The lowest BCUT2D eigenvalue weighted by Gasteiger charge is -2.21. The summed E-state index contributed by atoms with van der Waals surface area (Å²) in [6.07, 6.45) is 0. The summed E-state index contributed by atoms with van der Waals surface area (Å²) in [4.78, 5) is 6.91. The highest BCUT2D eigenvalue weighted by Gasteiger charge is 2.13. The van der Waals surface area contributed by atoms with Crippen LogP contribution in [0.1, 0.15) is 28.4 Å². The first kappa shape index (κ1) is 16.2. The van der Waals surface area contributed by atoms with Gasteiger partial charge in [0.15, 0.2) is 0 Å². The minimum Gasteiger partial charge on any atom is -0.355 e. The number of benzene rings is 2. The fraction of sp³-hybridized carbons (Fsp3) is 0.190. The number of anilines is 1. The fourth-order valence-corrected chi connectivity index (χ4v) is 2.88. The highest BCUT2D eigenvalue weighted by atomic mass is 15.2. The number of pyridine rings is 1. The lowest BCUT2D eigenvalue weighted by atomic mass is 9.98. The van der Waals surface area contributed by atoms with Gasteiger partial charge >= 0.3 is 0 Å². The van der Waals surface area contributed by atoms with Gasteiger partial charge in [-0.05, 0) is 29.7 Å². The minimum absolute atomic E-state index is 0.146. The van der Waals surface area contributed by atoms with E-state index in [4.69, 9.17) is 10.7 Å². The maximum atomic E-state index is 6.41. The van der Waals surface area contributed by atoms with Crippen molar-refractivity contribution >= 4 is 5.82 Å². The Labute approximate surface area is 143 Å². The molecule has 122 valence electrons. The van der Waals surface area contributed by atoms with Crippen molar-refractivity contribution in [2.24, 2.45) is 5.73 Å². The van der Waals surface area contributed by atoms with Crippen LogP contribution in [0.4, 0.5) is 5.82 Å². The van der Waals surface area contributed by atoms with Crippen LogP contribution in [0.2, 0.25) is 0 Å². The molecule has 3 nitrogen and oxygen atoms in total. The van der Waals surface area contributed by atoms with Crippen molar-refractivity contribution in [3.8, 4) is 0 Å². The van der Waals surface area contributed by atoms with E-state index >= 15 is 0 Å². The molecule has 0 fully saturated rings. The topological polar surface area (TPSA) is 42.2 Å². The van der Waals surface area contributed by atoms with E-state index in [9.17, 15) is 0 Å². The lowest BCUT2D eigenvalue weighted by molar-refractivity contribution is 0.835. The second-order valence-electron chi connectivity index (χ2n) is 6.07. The standard InChI is InChI=1S/C21H23N3/c1-16-19(21(22)18-11-7-4-8-12-18)13-14-20(23-16)24(2)15-17-9-5-3-6-10-17/h3-14,21H,15,22H2,1-2H3/t21-/m1/s1. The number of hydrogen-bond acceptors (Lipinski definition) is 3. The number of aryl methyl sites for hydroxylation is 1. The molecule has 0 aliphatic carbocycles. The van der Waals surface area contributed by atoms with E-state index in [1.54, 1.807) is 0 Å². The summed E-state index contributed by atoms with van der Waals surface area (Å²) in [5.74, 6) is 0.959. The average Bonchev–Trinajstić information content (AvgIpc) is 2.62. The molecular weight excluding hydrogens is 294 g/mol. The van der Waals surface area contributed by atoms with Crippen LogP contribution in [0, 0.1) is 6.92 Å². The summed E-state index contributed by atoms with van der Waals surface area (Å²) in [6.45, 7) is 2.86. The van der Waals surface area contributed by atoms with E-state index < -0.39 is 0 Å². The van der Waals surface area contributed by atoms with Crippen LogP contribution in [-0.2, 0) is 6.54 Å². The van der Waals surface area contributed by atoms with Gasteiger partial charge in [-0.1, -0.05) is 66.7 Å². The molecule has 0 unspecified atom stereocenters. The van der Waals surface area contributed by atoms with E-state index in [0.717, 1.165) is 29.2 Å². The zero-order valence-electron chi connectivity index (χ0n) is 14.2. The molecule has 0 radical (unpaired) electrons. The van der Waals surface area contributed by atoms with Crippen molar-refractivity contribution < 1.29 is 0 Å². The SMILES string of the molecule is Cc1nc(N(C)Cc2ccccc2)ccc1[C@H](N)c1ccccc1. The predicted octanol–water partition coefficient (Wildman–Crippen LogP) is 4.07. The van der Waals surface area contributed by atoms with Crippen LogP contribution in [-0.4, -0.2) is 12.0 Å². The van der Waals surface area contributed by atoms with Crippen LogP contribution >= 0.6 is 0 Å². The Morgan fingerprint density at radius 3 is 2.17 bits per heavy atom. The maximum absolute atomic E-state index is 6.41. The number of nitrogens with zero attached hydrogens (tertiary/aromatic N) is 2. The molecule has 3 aromatic rings. The summed E-state index contributed by atoms with van der Waals surface area (Å²) >= 11 is 0. The van der Waals surface area contributed by atoms with E-state index in [2.05, 4.69) is 54.4 Å². The molecule has 0 spiro atoms. The second-order valence-corrected chi connectivity index (χ2v) is 6.07. The van der Waals surface area contributed by atoms with Gasteiger partial charge in [-0.2, -0.15) is 0 Å². The number of hydrogen-bond donors (Lipinski definition) is 1. The highest BCUT2D eigenvalue weighted by Crippen LogP contribution is 2.24. The smallest absolute Gasteiger partial charge is 0.128 e. The maximum Gasteiger partial charge on any atom is 0.128 e. The Hall–Kier alpha value is -2.65. The molecule has 0 saturated carbocycles. The van der Waals surface area contributed by atoms with Gasteiger partial charge in [-0.15, -0.1) is 0 Å². The van der Waals surface area contributed by atoms with Crippen LogP contribution in [0.3, 0.4) is 0 Å². The van der Waals surface area contributed by atoms with Crippen LogP contribution in [0.25, 0.3) is 0 Å². The number of aromatic nitrogens is 1. The van der Waals surface area contributed by atoms with Crippen molar-refractivity contribution in [2.45, 2.75) is 19.5 Å². The number of rotatable bonds is 5. The molecule has 3 rings (SSSR count).